The number of carbonyl (C=O) groups excluding carboxylic acids is 2. The molecule has 0 unspecified atom stereocenters. The lowest BCUT2D eigenvalue weighted by Gasteiger charge is -2.08. The molecule has 0 aliphatic heterocycles. The Balaban J connectivity index is 1.80. The van der Waals surface area contributed by atoms with Crippen molar-refractivity contribution < 1.29 is 9.59 Å². The zero-order chi connectivity index (χ0) is 24.6. The van der Waals surface area contributed by atoms with E-state index < -0.39 is 0 Å². The molecule has 6 aromatic rings. The fourth-order valence-electron chi connectivity index (χ4n) is 4.98. The van der Waals surface area contributed by atoms with Gasteiger partial charge in [-0.1, -0.05) is 115 Å². The Morgan fingerprint density at radius 1 is 0.639 bits per heavy atom. The van der Waals surface area contributed by atoms with Gasteiger partial charge in [0.25, 0.3) is 0 Å². The van der Waals surface area contributed by atoms with Crippen LogP contribution in [0.4, 0.5) is 0 Å². The number of carbonyl (C=O) groups is 2. The van der Waals surface area contributed by atoms with Gasteiger partial charge in [-0.25, -0.2) is 0 Å². The lowest BCUT2D eigenvalue weighted by Crippen LogP contribution is -2.07. The summed E-state index contributed by atoms with van der Waals surface area (Å²) in [6.45, 7) is 2.05. The first-order valence-electron chi connectivity index (χ1n) is 12.0. The second kappa shape index (κ2) is 8.79. The van der Waals surface area contributed by atoms with E-state index in [1.165, 1.54) is 0 Å². The molecule has 4 aromatic carbocycles. The van der Waals surface area contributed by atoms with Crippen molar-refractivity contribution in [2.75, 3.05) is 0 Å². The van der Waals surface area contributed by atoms with Crippen molar-refractivity contribution in [3.63, 3.8) is 0 Å². The molecule has 0 aliphatic carbocycles. The van der Waals surface area contributed by atoms with Crippen LogP contribution in [0.1, 0.15) is 37.5 Å². The van der Waals surface area contributed by atoms with Gasteiger partial charge in [0, 0.05) is 28.3 Å². The average molecular weight is 466 g/mol. The van der Waals surface area contributed by atoms with E-state index in [4.69, 9.17) is 0 Å². The summed E-state index contributed by atoms with van der Waals surface area (Å²) >= 11 is 0. The van der Waals surface area contributed by atoms with E-state index in [2.05, 4.69) is 13.0 Å². The number of hydrogen-bond acceptors (Lipinski definition) is 2. The summed E-state index contributed by atoms with van der Waals surface area (Å²) in [5.41, 5.74) is 5.58. The molecule has 2 heterocycles. The maximum absolute atomic E-state index is 14.2. The molecule has 36 heavy (non-hydrogen) atoms. The Labute approximate surface area is 209 Å². The zero-order valence-electron chi connectivity index (χ0n) is 19.8. The number of rotatable bonds is 5. The van der Waals surface area contributed by atoms with Crippen LogP contribution in [0.3, 0.4) is 0 Å². The first-order valence-corrected chi connectivity index (χ1v) is 12.0. The highest BCUT2D eigenvalue weighted by Crippen LogP contribution is 2.39. The first-order chi connectivity index (χ1) is 17.6. The molecule has 0 radical (unpaired) electrons. The third kappa shape index (κ3) is 3.53. The van der Waals surface area contributed by atoms with Gasteiger partial charge >= 0.3 is 0 Å². The van der Waals surface area contributed by atoms with Crippen molar-refractivity contribution in [3.05, 3.63) is 149 Å². The molecule has 172 valence electrons. The van der Waals surface area contributed by atoms with Crippen molar-refractivity contribution in [2.24, 2.45) is 0 Å². The van der Waals surface area contributed by atoms with Crippen LogP contribution in [0, 0.1) is 6.92 Å². The van der Waals surface area contributed by atoms with E-state index in [9.17, 15) is 9.59 Å². The topological polar surface area (TPSA) is 38.5 Å². The highest BCUT2D eigenvalue weighted by atomic mass is 16.1. The zero-order valence-corrected chi connectivity index (χ0v) is 19.8. The van der Waals surface area contributed by atoms with Crippen LogP contribution in [0.25, 0.3) is 27.4 Å². The summed E-state index contributed by atoms with van der Waals surface area (Å²) in [5, 5.41) is 1.96. The van der Waals surface area contributed by atoms with E-state index in [0.29, 0.717) is 27.9 Å². The van der Waals surface area contributed by atoms with Gasteiger partial charge in [-0.05, 0) is 23.9 Å². The lowest BCUT2D eigenvalue weighted by atomic mass is 9.92. The maximum atomic E-state index is 14.2. The number of fused-ring (bicyclic) bond motifs is 3. The van der Waals surface area contributed by atoms with Crippen molar-refractivity contribution in [1.29, 1.82) is 0 Å². The quantitative estimate of drug-likeness (QED) is 0.247. The average Bonchev–Trinajstić information content (AvgIpc) is 3.29. The third-order valence-electron chi connectivity index (χ3n) is 6.65. The van der Waals surface area contributed by atoms with Crippen LogP contribution < -0.4 is 0 Å². The highest BCUT2D eigenvalue weighted by Gasteiger charge is 2.30. The molecule has 0 bridgehead atoms. The fourth-order valence-corrected chi connectivity index (χ4v) is 4.98. The molecule has 0 spiro atoms. The molecule has 0 fully saturated rings. The number of ketones is 2. The standard InChI is InChI=1S/C33H23NO2/c1-22-17-18-27-26(21-22)19-20-34-30(27)29(32(35)24-13-7-3-8-14-24)28(23-11-5-2-6-12-23)31(34)33(36)25-15-9-4-10-16-25/h2-21H,1H3. The minimum Gasteiger partial charge on any atom is -0.312 e. The number of nitrogens with zero attached hydrogens (tertiary/aromatic N) is 1. The SMILES string of the molecule is Cc1ccc2c(ccn3c(C(=O)c4ccccc4)c(-c4ccccc4)c(C(=O)c4ccccc4)c23)c1. The Kier molecular flexibility index (Phi) is 5.31. The minimum absolute atomic E-state index is 0.105. The smallest absolute Gasteiger partial charge is 0.210 e. The van der Waals surface area contributed by atoms with Crippen LogP contribution in [-0.4, -0.2) is 16.0 Å². The second-order valence-corrected chi connectivity index (χ2v) is 8.98. The summed E-state index contributed by atoms with van der Waals surface area (Å²) in [6, 6.07) is 36.5. The van der Waals surface area contributed by atoms with Gasteiger partial charge < -0.3 is 4.40 Å². The largest absolute Gasteiger partial charge is 0.312 e. The third-order valence-corrected chi connectivity index (χ3v) is 6.65. The Morgan fingerprint density at radius 2 is 1.22 bits per heavy atom. The predicted octanol–water partition coefficient (Wildman–Crippen LogP) is 7.53. The molecule has 3 nitrogen and oxygen atoms in total. The second-order valence-electron chi connectivity index (χ2n) is 8.98. The van der Waals surface area contributed by atoms with Gasteiger partial charge in [-0.3, -0.25) is 9.59 Å². The van der Waals surface area contributed by atoms with E-state index in [-0.39, 0.29) is 11.6 Å². The van der Waals surface area contributed by atoms with Crippen molar-refractivity contribution >= 4 is 27.9 Å². The highest BCUT2D eigenvalue weighted by molar-refractivity contribution is 6.26. The predicted molar refractivity (Wildman–Crippen MR) is 145 cm³/mol. The summed E-state index contributed by atoms with van der Waals surface area (Å²) in [5.74, 6) is -0.227. The van der Waals surface area contributed by atoms with Crippen LogP contribution in [0.15, 0.2) is 121 Å². The van der Waals surface area contributed by atoms with E-state index >= 15 is 0 Å². The van der Waals surface area contributed by atoms with Crippen molar-refractivity contribution in [1.82, 2.24) is 4.40 Å². The molecule has 3 heteroatoms. The van der Waals surface area contributed by atoms with E-state index in [1.54, 1.807) is 0 Å². The lowest BCUT2D eigenvalue weighted by molar-refractivity contribution is 0.103. The van der Waals surface area contributed by atoms with E-state index in [0.717, 1.165) is 27.4 Å². The Morgan fingerprint density at radius 3 is 1.86 bits per heavy atom. The molecular weight excluding hydrogens is 442 g/mol. The monoisotopic (exact) mass is 465 g/mol. The normalized spacial score (nSPS) is 11.1. The number of aryl methyl sites for hydroxylation is 1. The summed E-state index contributed by atoms with van der Waals surface area (Å²) < 4.78 is 1.91. The van der Waals surface area contributed by atoms with Crippen LogP contribution in [0.2, 0.25) is 0 Å². The van der Waals surface area contributed by atoms with Gasteiger partial charge in [0.2, 0.25) is 5.78 Å². The molecule has 2 aromatic heterocycles. The number of aromatic nitrogens is 1. The van der Waals surface area contributed by atoms with Crippen LogP contribution >= 0.6 is 0 Å². The molecule has 0 saturated heterocycles. The fraction of sp³-hybridized carbons (Fsp3) is 0.0303. The van der Waals surface area contributed by atoms with Gasteiger partial charge in [0.15, 0.2) is 5.78 Å². The molecule has 6 rings (SSSR count). The van der Waals surface area contributed by atoms with Gasteiger partial charge in [-0.15, -0.1) is 0 Å². The van der Waals surface area contributed by atoms with Crippen molar-refractivity contribution in [3.8, 4) is 11.1 Å². The maximum Gasteiger partial charge on any atom is 0.210 e. The molecular formula is C33H23NO2. The number of benzene rings is 4. The Hall–Kier alpha value is -4.76. The Bertz CT molecular complexity index is 1750. The minimum atomic E-state index is -0.122. The summed E-state index contributed by atoms with van der Waals surface area (Å²) in [6.07, 6.45) is 1.92. The van der Waals surface area contributed by atoms with Crippen LogP contribution in [0.5, 0.6) is 0 Å². The summed E-state index contributed by atoms with van der Waals surface area (Å²) in [7, 11) is 0. The van der Waals surface area contributed by atoms with Crippen molar-refractivity contribution in [2.45, 2.75) is 6.92 Å². The molecule has 0 atom stereocenters. The molecule has 0 saturated carbocycles. The number of hydrogen-bond donors (Lipinski definition) is 0. The first kappa shape index (κ1) is 21.8. The van der Waals surface area contributed by atoms with Gasteiger partial charge in [-0.2, -0.15) is 0 Å². The van der Waals surface area contributed by atoms with Gasteiger partial charge in [0.1, 0.15) is 5.69 Å². The van der Waals surface area contributed by atoms with Crippen LogP contribution in [-0.2, 0) is 0 Å². The number of pyridine rings is 1. The molecule has 0 amide bonds. The molecule has 0 N–H and O–H groups in total. The van der Waals surface area contributed by atoms with Gasteiger partial charge in [0.05, 0.1) is 11.1 Å². The summed E-state index contributed by atoms with van der Waals surface area (Å²) in [4.78, 5) is 28.3. The van der Waals surface area contributed by atoms with E-state index in [1.807, 2.05) is 120 Å². The molecule has 0 aliphatic rings.